The Labute approximate surface area is 103 Å². The number of nitrogens with one attached hydrogen (secondary N) is 1. The summed E-state index contributed by atoms with van der Waals surface area (Å²) in [6.07, 6.45) is -0.438. The van der Waals surface area contributed by atoms with Crippen molar-refractivity contribution in [1.82, 2.24) is 0 Å². The number of sulfone groups is 1. The first kappa shape index (κ1) is 11.3. The van der Waals surface area contributed by atoms with Gasteiger partial charge in [-0.05, 0) is 18.2 Å². The molecular weight excluding hydrogens is 258 g/mol. The van der Waals surface area contributed by atoms with Gasteiger partial charge in [-0.25, -0.2) is 13.2 Å². The van der Waals surface area contributed by atoms with E-state index < -0.39 is 21.9 Å². The summed E-state index contributed by atoms with van der Waals surface area (Å²) in [6, 6.07) is 4.21. The van der Waals surface area contributed by atoms with Gasteiger partial charge in [-0.1, -0.05) is 0 Å². The lowest BCUT2D eigenvalue weighted by atomic mass is 10.1. The SMILES string of the molecule is O=C(O)c1ccc2c(c1)OC1CS(=O)(=O)CC1N2. The summed E-state index contributed by atoms with van der Waals surface area (Å²) in [7, 11) is -3.08. The van der Waals surface area contributed by atoms with Crippen molar-refractivity contribution in [1.29, 1.82) is 0 Å². The van der Waals surface area contributed by atoms with Crippen molar-refractivity contribution in [3.05, 3.63) is 23.8 Å². The van der Waals surface area contributed by atoms with Crippen molar-refractivity contribution in [2.45, 2.75) is 12.1 Å². The second-order valence-electron chi connectivity index (χ2n) is 4.50. The molecule has 2 heterocycles. The van der Waals surface area contributed by atoms with Crippen molar-refractivity contribution in [3.8, 4) is 5.75 Å². The standard InChI is InChI=1S/C11H11NO5S/c13-11(14)6-1-2-7-9(3-6)17-10-5-18(15,16)4-8(10)12-7/h1-3,8,10,12H,4-5H2,(H,13,14). The van der Waals surface area contributed by atoms with Crippen molar-refractivity contribution >= 4 is 21.5 Å². The van der Waals surface area contributed by atoms with E-state index >= 15 is 0 Å². The molecule has 3 rings (SSSR count). The van der Waals surface area contributed by atoms with Crippen LogP contribution >= 0.6 is 0 Å². The Balaban J connectivity index is 1.95. The van der Waals surface area contributed by atoms with Crippen LogP contribution in [0.25, 0.3) is 0 Å². The second-order valence-corrected chi connectivity index (χ2v) is 6.65. The third-order valence-corrected chi connectivity index (χ3v) is 4.85. The highest BCUT2D eigenvalue weighted by atomic mass is 32.2. The predicted molar refractivity (Wildman–Crippen MR) is 63.9 cm³/mol. The van der Waals surface area contributed by atoms with E-state index in [0.29, 0.717) is 11.4 Å². The van der Waals surface area contributed by atoms with Gasteiger partial charge in [0.1, 0.15) is 11.9 Å². The summed E-state index contributed by atoms with van der Waals surface area (Å²) in [6.45, 7) is 0. The monoisotopic (exact) mass is 269 g/mol. The molecule has 2 aliphatic heterocycles. The first-order valence-electron chi connectivity index (χ1n) is 5.45. The fourth-order valence-corrected chi connectivity index (χ4v) is 4.08. The molecule has 0 aliphatic carbocycles. The quantitative estimate of drug-likeness (QED) is 0.764. The molecule has 0 radical (unpaired) electrons. The van der Waals surface area contributed by atoms with Gasteiger partial charge in [-0.3, -0.25) is 0 Å². The summed E-state index contributed by atoms with van der Waals surface area (Å²) in [4.78, 5) is 10.8. The summed E-state index contributed by atoms with van der Waals surface area (Å²) in [5.41, 5.74) is 0.758. The molecular formula is C11H11NO5S. The Morgan fingerprint density at radius 3 is 2.89 bits per heavy atom. The predicted octanol–water partition coefficient (Wildman–Crippen LogP) is 0.355. The second kappa shape index (κ2) is 3.61. The molecule has 96 valence electrons. The van der Waals surface area contributed by atoms with Gasteiger partial charge in [0.25, 0.3) is 0 Å². The number of carboxylic acid groups (broad SMARTS) is 1. The average Bonchev–Trinajstić information content (AvgIpc) is 2.57. The number of fused-ring (bicyclic) bond motifs is 2. The molecule has 6 nitrogen and oxygen atoms in total. The fourth-order valence-electron chi connectivity index (χ4n) is 2.30. The van der Waals surface area contributed by atoms with E-state index in [1.54, 1.807) is 6.07 Å². The van der Waals surface area contributed by atoms with Gasteiger partial charge in [0, 0.05) is 0 Å². The molecule has 0 aromatic heterocycles. The molecule has 2 aliphatic rings. The Morgan fingerprint density at radius 2 is 2.17 bits per heavy atom. The van der Waals surface area contributed by atoms with Crippen LogP contribution in [0.15, 0.2) is 18.2 Å². The topological polar surface area (TPSA) is 92.7 Å². The minimum Gasteiger partial charge on any atom is -0.485 e. The Hall–Kier alpha value is -1.76. The normalized spacial score (nSPS) is 27.6. The van der Waals surface area contributed by atoms with E-state index in [4.69, 9.17) is 9.84 Å². The number of benzene rings is 1. The molecule has 18 heavy (non-hydrogen) atoms. The number of anilines is 1. The van der Waals surface area contributed by atoms with Gasteiger partial charge in [0.05, 0.1) is 28.8 Å². The van der Waals surface area contributed by atoms with Crippen molar-refractivity contribution in [3.63, 3.8) is 0 Å². The lowest BCUT2D eigenvalue weighted by molar-refractivity contribution is 0.0696. The van der Waals surface area contributed by atoms with E-state index in [2.05, 4.69) is 5.32 Å². The lowest BCUT2D eigenvalue weighted by Gasteiger charge is -2.29. The molecule has 0 saturated carbocycles. The minimum absolute atomic E-state index is 0.0264. The highest BCUT2D eigenvalue weighted by Gasteiger charge is 2.42. The van der Waals surface area contributed by atoms with Crippen LogP contribution in [0.3, 0.4) is 0 Å². The zero-order valence-electron chi connectivity index (χ0n) is 9.29. The van der Waals surface area contributed by atoms with E-state index in [1.165, 1.54) is 12.1 Å². The van der Waals surface area contributed by atoms with Crippen LogP contribution in [0.5, 0.6) is 5.75 Å². The third-order valence-electron chi connectivity index (χ3n) is 3.15. The van der Waals surface area contributed by atoms with Crippen LogP contribution in [0.2, 0.25) is 0 Å². The van der Waals surface area contributed by atoms with Gasteiger partial charge in [0.2, 0.25) is 0 Å². The summed E-state index contributed by atoms with van der Waals surface area (Å²) in [5.74, 6) is -0.616. The number of carboxylic acids is 1. The first-order chi connectivity index (χ1) is 8.44. The number of hydrogen-bond acceptors (Lipinski definition) is 5. The van der Waals surface area contributed by atoms with Crippen LogP contribution in [0.4, 0.5) is 5.69 Å². The Bertz CT molecular complexity index is 624. The maximum absolute atomic E-state index is 11.5. The highest BCUT2D eigenvalue weighted by Crippen LogP contribution is 2.35. The zero-order chi connectivity index (χ0) is 12.9. The molecule has 2 unspecified atom stereocenters. The van der Waals surface area contributed by atoms with Crippen molar-refractivity contribution < 1.29 is 23.1 Å². The molecule has 1 aromatic carbocycles. The number of aromatic carboxylic acids is 1. The maximum Gasteiger partial charge on any atom is 0.335 e. The van der Waals surface area contributed by atoms with Gasteiger partial charge >= 0.3 is 5.97 Å². The number of ether oxygens (including phenoxy) is 1. The molecule has 0 spiro atoms. The van der Waals surface area contributed by atoms with Crippen LogP contribution in [-0.4, -0.2) is 43.1 Å². The molecule has 0 bridgehead atoms. The minimum atomic E-state index is -3.08. The Kier molecular flexibility index (Phi) is 2.28. The van der Waals surface area contributed by atoms with E-state index in [-0.39, 0.29) is 23.1 Å². The van der Waals surface area contributed by atoms with Crippen LogP contribution in [0, 0.1) is 0 Å². The molecule has 2 N–H and O–H groups in total. The van der Waals surface area contributed by atoms with Crippen LogP contribution in [0.1, 0.15) is 10.4 Å². The van der Waals surface area contributed by atoms with Crippen LogP contribution in [-0.2, 0) is 9.84 Å². The molecule has 1 fully saturated rings. The fraction of sp³-hybridized carbons (Fsp3) is 0.364. The third kappa shape index (κ3) is 1.80. The highest BCUT2D eigenvalue weighted by molar-refractivity contribution is 7.91. The van der Waals surface area contributed by atoms with Gasteiger partial charge in [-0.2, -0.15) is 0 Å². The first-order valence-corrected chi connectivity index (χ1v) is 7.28. The molecule has 0 amide bonds. The molecule has 2 atom stereocenters. The maximum atomic E-state index is 11.5. The molecule has 1 aromatic rings. The summed E-state index contributed by atoms with van der Waals surface area (Å²) in [5, 5.41) is 12.0. The van der Waals surface area contributed by atoms with Gasteiger partial charge < -0.3 is 15.2 Å². The number of rotatable bonds is 1. The lowest BCUT2D eigenvalue weighted by Crippen LogP contribution is -2.40. The van der Waals surface area contributed by atoms with E-state index in [1.807, 2.05) is 0 Å². The zero-order valence-corrected chi connectivity index (χ0v) is 10.1. The molecule has 7 heteroatoms. The number of carbonyl (C=O) groups is 1. The summed E-state index contributed by atoms with van der Waals surface area (Å²) >= 11 is 0. The van der Waals surface area contributed by atoms with Crippen molar-refractivity contribution in [2.75, 3.05) is 16.8 Å². The van der Waals surface area contributed by atoms with E-state index in [0.717, 1.165) is 0 Å². The van der Waals surface area contributed by atoms with Gasteiger partial charge in [0.15, 0.2) is 9.84 Å². The largest absolute Gasteiger partial charge is 0.485 e. The van der Waals surface area contributed by atoms with Crippen molar-refractivity contribution in [2.24, 2.45) is 0 Å². The molecule has 1 saturated heterocycles. The van der Waals surface area contributed by atoms with Crippen LogP contribution < -0.4 is 10.1 Å². The van der Waals surface area contributed by atoms with E-state index in [9.17, 15) is 13.2 Å². The van der Waals surface area contributed by atoms with Gasteiger partial charge in [-0.15, -0.1) is 0 Å². The smallest absolute Gasteiger partial charge is 0.335 e. The Morgan fingerprint density at radius 1 is 1.39 bits per heavy atom. The average molecular weight is 269 g/mol. The number of hydrogen-bond donors (Lipinski definition) is 2. The summed E-state index contributed by atoms with van der Waals surface area (Å²) < 4.78 is 28.6.